The van der Waals surface area contributed by atoms with E-state index in [-0.39, 0.29) is 12.1 Å². The lowest BCUT2D eigenvalue weighted by Gasteiger charge is -2.37. The second-order valence-corrected chi connectivity index (χ2v) is 6.91. The zero-order chi connectivity index (χ0) is 20.6. The van der Waals surface area contributed by atoms with Crippen LogP contribution >= 0.6 is 0 Å². The van der Waals surface area contributed by atoms with Crippen LogP contribution in [0, 0.1) is 5.82 Å². The maximum atomic E-state index is 13.9. The van der Waals surface area contributed by atoms with Crippen LogP contribution in [-0.4, -0.2) is 62.3 Å². The molecule has 0 amide bonds. The van der Waals surface area contributed by atoms with Gasteiger partial charge in [0, 0.05) is 50.0 Å². The van der Waals surface area contributed by atoms with E-state index in [9.17, 15) is 9.50 Å². The Balaban J connectivity index is 1.62. The summed E-state index contributed by atoms with van der Waals surface area (Å²) >= 11 is 0. The van der Waals surface area contributed by atoms with Crippen molar-refractivity contribution in [3.05, 3.63) is 59.9 Å². The number of methoxy groups -OCH3 is 1. The molecule has 156 valence electrons. The monoisotopic (exact) mass is 400 g/mol. The Kier molecular flexibility index (Phi) is 7.30. The Morgan fingerprint density at radius 2 is 1.93 bits per heavy atom. The normalized spacial score (nSPS) is 15.9. The van der Waals surface area contributed by atoms with Crippen molar-refractivity contribution in [3.63, 3.8) is 0 Å². The van der Waals surface area contributed by atoms with Crippen LogP contribution in [0.4, 0.5) is 10.1 Å². The lowest BCUT2D eigenvalue weighted by molar-refractivity contribution is 0.181. The van der Waals surface area contributed by atoms with Gasteiger partial charge in [-0.3, -0.25) is 4.99 Å². The fourth-order valence-electron chi connectivity index (χ4n) is 3.43. The lowest BCUT2D eigenvalue weighted by atomic mass is 10.1. The first-order valence-electron chi connectivity index (χ1n) is 9.97. The molecule has 0 aromatic heterocycles. The fourth-order valence-corrected chi connectivity index (χ4v) is 3.43. The number of piperazine rings is 1. The Bertz CT molecular complexity index is 822. The number of nitrogens with zero attached hydrogens (tertiary/aromatic N) is 3. The quantitative estimate of drug-likeness (QED) is 0.577. The number of rotatable bonds is 6. The first-order valence-corrected chi connectivity index (χ1v) is 9.97. The van der Waals surface area contributed by atoms with E-state index >= 15 is 0 Å². The maximum absolute atomic E-state index is 13.9. The van der Waals surface area contributed by atoms with Crippen molar-refractivity contribution in [1.29, 1.82) is 0 Å². The van der Waals surface area contributed by atoms with Gasteiger partial charge in [0.25, 0.3) is 0 Å². The molecule has 0 saturated carbocycles. The zero-order valence-electron chi connectivity index (χ0n) is 17.0. The van der Waals surface area contributed by atoms with E-state index < -0.39 is 11.9 Å². The van der Waals surface area contributed by atoms with Gasteiger partial charge >= 0.3 is 0 Å². The van der Waals surface area contributed by atoms with E-state index in [1.54, 1.807) is 25.3 Å². The molecule has 29 heavy (non-hydrogen) atoms. The summed E-state index contributed by atoms with van der Waals surface area (Å²) in [6.07, 6.45) is -0.970. The third-order valence-electron chi connectivity index (χ3n) is 5.01. The van der Waals surface area contributed by atoms with Gasteiger partial charge in [-0.2, -0.15) is 0 Å². The van der Waals surface area contributed by atoms with Crippen LogP contribution in [0.5, 0.6) is 5.75 Å². The standard InChI is InChI=1S/C22H29FN4O2/c1-3-24-22(25-16-21(28)19-9-4-5-10-20(19)23)27-13-11-26(12-14-27)17-7-6-8-18(15-17)29-2/h4-10,15,21,28H,3,11-14,16H2,1-2H3,(H,24,25). The Hall–Kier alpha value is -2.80. The minimum absolute atomic E-state index is 0.110. The molecule has 2 aromatic rings. The molecule has 1 unspecified atom stereocenters. The van der Waals surface area contributed by atoms with E-state index in [0.717, 1.165) is 50.1 Å². The number of nitrogens with one attached hydrogen (secondary N) is 1. The molecule has 0 bridgehead atoms. The second-order valence-electron chi connectivity index (χ2n) is 6.91. The molecular formula is C22H29FN4O2. The van der Waals surface area contributed by atoms with Gasteiger partial charge in [0.1, 0.15) is 17.7 Å². The van der Waals surface area contributed by atoms with Gasteiger partial charge < -0.3 is 25.0 Å². The summed E-state index contributed by atoms with van der Waals surface area (Å²) in [5.41, 5.74) is 1.41. The van der Waals surface area contributed by atoms with Crippen molar-refractivity contribution in [2.75, 3.05) is 51.3 Å². The number of aliphatic hydroxyl groups is 1. The third-order valence-corrected chi connectivity index (χ3v) is 5.01. The molecule has 0 radical (unpaired) electrons. The van der Waals surface area contributed by atoms with E-state index in [2.05, 4.69) is 26.2 Å². The van der Waals surface area contributed by atoms with Gasteiger partial charge in [-0.25, -0.2) is 4.39 Å². The van der Waals surface area contributed by atoms with Crippen molar-refractivity contribution in [2.45, 2.75) is 13.0 Å². The second kappa shape index (κ2) is 10.1. The maximum Gasteiger partial charge on any atom is 0.194 e. The number of ether oxygens (including phenoxy) is 1. The smallest absolute Gasteiger partial charge is 0.194 e. The molecule has 1 aliphatic rings. The van der Waals surface area contributed by atoms with Crippen LogP contribution in [0.2, 0.25) is 0 Å². The van der Waals surface area contributed by atoms with Crippen molar-refractivity contribution >= 4 is 11.6 Å². The predicted octanol–water partition coefficient (Wildman–Crippen LogP) is 2.66. The molecule has 1 heterocycles. The molecule has 2 N–H and O–H groups in total. The summed E-state index contributed by atoms with van der Waals surface area (Å²) in [6, 6.07) is 14.3. The first kappa shape index (κ1) is 20.9. The minimum Gasteiger partial charge on any atom is -0.497 e. The minimum atomic E-state index is -0.970. The number of hydrogen-bond acceptors (Lipinski definition) is 4. The molecule has 3 rings (SSSR count). The third kappa shape index (κ3) is 5.38. The van der Waals surface area contributed by atoms with Crippen molar-refractivity contribution in [1.82, 2.24) is 10.2 Å². The van der Waals surface area contributed by atoms with E-state index in [1.165, 1.54) is 6.07 Å². The van der Waals surface area contributed by atoms with Gasteiger partial charge in [-0.1, -0.05) is 24.3 Å². The molecule has 0 spiro atoms. The number of guanidine groups is 1. The SMILES string of the molecule is CCNC(=NCC(O)c1ccccc1F)N1CCN(c2cccc(OC)c2)CC1. The molecular weight excluding hydrogens is 371 g/mol. The molecule has 6 nitrogen and oxygen atoms in total. The topological polar surface area (TPSA) is 60.3 Å². The van der Waals surface area contributed by atoms with Gasteiger partial charge in [0.15, 0.2) is 5.96 Å². The Morgan fingerprint density at radius 3 is 2.62 bits per heavy atom. The van der Waals surface area contributed by atoms with E-state index in [1.807, 2.05) is 25.1 Å². The molecule has 1 aliphatic heterocycles. The summed E-state index contributed by atoms with van der Waals surface area (Å²) in [7, 11) is 1.67. The summed E-state index contributed by atoms with van der Waals surface area (Å²) in [4.78, 5) is 9.05. The average Bonchev–Trinajstić information content (AvgIpc) is 2.77. The number of halogens is 1. The predicted molar refractivity (Wildman–Crippen MR) is 114 cm³/mol. The molecule has 0 aliphatic carbocycles. The van der Waals surface area contributed by atoms with Crippen LogP contribution in [-0.2, 0) is 0 Å². The lowest BCUT2D eigenvalue weighted by Crippen LogP contribution is -2.52. The van der Waals surface area contributed by atoms with Crippen LogP contribution in [0.1, 0.15) is 18.6 Å². The van der Waals surface area contributed by atoms with Gasteiger partial charge in [0.2, 0.25) is 0 Å². The molecule has 7 heteroatoms. The number of hydrogen-bond donors (Lipinski definition) is 2. The number of anilines is 1. The summed E-state index contributed by atoms with van der Waals surface area (Å²) in [6.45, 7) is 6.16. The zero-order valence-corrected chi connectivity index (χ0v) is 17.0. The largest absolute Gasteiger partial charge is 0.497 e. The Labute approximate surface area is 171 Å². The van der Waals surface area contributed by atoms with Crippen LogP contribution in [0.15, 0.2) is 53.5 Å². The highest BCUT2D eigenvalue weighted by atomic mass is 19.1. The van der Waals surface area contributed by atoms with Gasteiger partial charge in [0.05, 0.1) is 13.7 Å². The Morgan fingerprint density at radius 1 is 1.17 bits per heavy atom. The molecule has 1 fully saturated rings. The molecule has 2 aromatic carbocycles. The highest BCUT2D eigenvalue weighted by Gasteiger charge is 2.21. The number of aliphatic imine (C=N–C) groups is 1. The van der Waals surface area contributed by atoms with Crippen molar-refractivity contribution in [2.24, 2.45) is 4.99 Å². The highest BCUT2D eigenvalue weighted by Crippen LogP contribution is 2.22. The average molecular weight is 400 g/mol. The van der Waals surface area contributed by atoms with Crippen molar-refractivity contribution < 1.29 is 14.2 Å². The summed E-state index contributed by atoms with van der Waals surface area (Å²) in [5, 5.41) is 13.6. The fraction of sp³-hybridized carbons (Fsp3) is 0.409. The highest BCUT2D eigenvalue weighted by molar-refractivity contribution is 5.80. The van der Waals surface area contributed by atoms with E-state index in [4.69, 9.17) is 4.74 Å². The van der Waals surface area contributed by atoms with Gasteiger partial charge in [-0.15, -0.1) is 0 Å². The van der Waals surface area contributed by atoms with Crippen LogP contribution < -0.4 is 15.0 Å². The summed E-state index contributed by atoms with van der Waals surface area (Å²) < 4.78 is 19.2. The van der Waals surface area contributed by atoms with Crippen LogP contribution in [0.25, 0.3) is 0 Å². The molecule has 1 saturated heterocycles. The molecule has 1 atom stereocenters. The number of benzene rings is 2. The van der Waals surface area contributed by atoms with Crippen molar-refractivity contribution in [3.8, 4) is 5.75 Å². The summed E-state index contributed by atoms with van der Waals surface area (Å²) in [5.74, 6) is 1.18. The van der Waals surface area contributed by atoms with Crippen LogP contribution in [0.3, 0.4) is 0 Å². The van der Waals surface area contributed by atoms with Gasteiger partial charge in [-0.05, 0) is 25.1 Å². The number of aliphatic hydroxyl groups excluding tert-OH is 1. The first-order chi connectivity index (χ1) is 14.1. The van der Waals surface area contributed by atoms with E-state index in [0.29, 0.717) is 0 Å².